The van der Waals surface area contributed by atoms with Gasteiger partial charge in [0.15, 0.2) is 0 Å². The highest BCUT2D eigenvalue weighted by molar-refractivity contribution is 7.27. The lowest BCUT2D eigenvalue weighted by Gasteiger charge is -2.32. The molecule has 0 amide bonds. The minimum atomic E-state index is -0.423. The summed E-state index contributed by atoms with van der Waals surface area (Å²) in [5, 5.41) is 22.0. The molecule has 136 valence electrons. The van der Waals surface area contributed by atoms with Crippen molar-refractivity contribution in [2.75, 3.05) is 6.61 Å². The minimum Gasteiger partial charge on any atom is -0.394 e. The number of aliphatic hydroxyl groups is 2. The van der Waals surface area contributed by atoms with Crippen LogP contribution in [0.2, 0.25) is 0 Å². The highest BCUT2D eigenvalue weighted by Crippen LogP contribution is 2.33. The lowest BCUT2D eigenvalue weighted by atomic mass is 9.94. The maximum absolute atomic E-state index is 10.1. The average molecular weight is 386 g/mol. The molecular weight excluding hydrogens is 363 g/mol. The van der Waals surface area contributed by atoms with E-state index in [4.69, 9.17) is 4.74 Å². The molecule has 0 aliphatic carbocycles. The quantitative estimate of drug-likeness (QED) is 0.674. The first kappa shape index (κ1) is 18.1. The smallest absolute Gasteiger partial charge is 0.0854 e. The van der Waals surface area contributed by atoms with E-state index in [1.54, 1.807) is 0 Å². The van der Waals surface area contributed by atoms with Crippen LogP contribution in [0, 0.1) is 0 Å². The van der Waals surface area contributed by atoms with Gasteiger partial charge in [-0.15, -0.1) is 20.6 Å². The first-order valence-electron chi connectivity index (χ1n) is 8.92. The van der Waals surface area contributed by atoms with E-state index in [0.717, 1.165) is 12.0 Å². The van der Waals surface area contributed by atoms with Gasteiger partial charge in [-0.3, -0.25) is 0 Å². The van der Waals surface area contributed by atoms with Crippen molar-refractivity contribution in [1.29, 1.82) is 0 Å². The Morgan fingerprint density at radius 2 is 1.96 bits per heavy atom. The molecule has 0 radical (unpaired) electrons. The van der Waals surface area contributed by atoms with Crippen molar-refractivity contribution in [1.82, 2.24) is 0 Å². The highest BCUT2D eigenvalue weighted by atomic mass is 32.1. The van der Waals surface area contributed by atoms with E-state index in [1.807, 2.05) is 11.3 Å². The lowest BCUT2D eigenvalue weighted by Crippen LogP contribution is -2.33. The molecule has 2 aromatic carbocycles. The van der Waals surface area contributed by atoms with Gasteiger partial charge in [0.05, 0.1) is 24.9 Å². The molecule has 1 fully saturated rings. The molecule has 4 atom stereocenters. The molecule has 2 N–H and O–H groups in total. The number of benzene rings is 2. The molecule has 0 bridgehead atoms. The van der Waals surface area contributed by atoms with Crippen molar-refractivity contribution in [2.24, 2.45) is 0 Å². The summed E-state index contributed by atoms with van der Waals surface area (Å²) in [6, 6.07) is 17.1. The van der Waals surface area contributed by atoms with Gasteiger partial charge < -0.3 is 14.9 Å². The molecule has 3 nitrogen and oxygen atoms in total. The summed E-state index contributed by atoms with van der Waals surface area (Å²) in [7, 11) is 2.82. The van der Waals surface area contributed by atoms with Crippen molar-refractivity contribution in [3.05, 3.63) is 64.5 Å². The predicted molar refractivity (Wildman–Crippen MR) is 110 cm³/mol. The van der Waals surface area contributed by atoms with Crippen LogP contribution in [0.3, 0.4) is 0 Å². The molecule has 26 heavy (non-hydrogen) atoms. The lowest BCUT2D eigenvalue weighted by molar-refractivity contribution is -0.113. The van der Waals surface area contributed by atoms with Gasteiger partial charge in [-0.1, -0.05) is 36.4 Å². The molecule has 1 aliphatic heterocycles. The molecule has 4 rings (SSSR count). The second-order valence-corrected chi connectivity index (χ2v) is 8.73. The number of hydrogen-bond acceptors (Lipinski definition) is 4. The summed E-state index contributed by atoms with van der Waals surface area (Å²) in [6.07, 6.45) is 1.09. The van der Waals surface area contributed by atoms with E-state index in [0.29, 0.717) is 12.8 Å². The summed E-state index contributed by atoms with van der Waals surface area (Å²) in [5.41, 5.74) is 2.33. The number of fused-ring (bicyclic) bond motifs is 1. The maximum atomic E-state index is 10.1. The number of ether oxygens (including phenoxy) is 1. The molecular formula is C21H23O3PS. The molecule has 1 aromatic heterocycles. The Morgan fingerprint density at radius 1 is 1.12 bits per heavy atom. The van der Waals surface area contributed by atoms with Crippen LogP contribution in [0.25, 0.3) is 10.1 Å². The fraction of sp³-hybridized carbons (Fsp3) is 0.333. The van der Waals surface area contributed by atoms with Crippen LogP contribution >= 0.6 is 20.6 Å². The number of hydrogen-bond donors (Lipinski definition) is 2. The van der Waals surface area contributed by atoms with Crippen LogP contribution in [0.15, 0.2) is 48.5 Å². The Morgan fingerprint density at radius 3 is 2.77 bits per heavy atom. The molecule has 2 heterocycles. The SMILES string of the molecule is OC[C@@H]1C[C@H](O)C[C@H](c2ccc(P)c(Cc3cc4ccccc4s3)c2)O1. The van der Waals surface area contributed by atoms with Crippen LogP contribution in [0.4, 0.5) is 0 Å². The predicted octanol–water partition coefficient (Wildman–Crippen LogP) is 3.57. The van der Waals surface area contributed by atoms with Crippen molar-refractivity contribution < 1.29 is 14.9 Å². The van der Waals surface area contributed by atoms with Crippen LogP contribution < -0.4 is 5.30 Å². The zero-order valence-corrected chi connectivity index (χ0v) is 16.4. The normalized spacial score (nSPS) is 23.4. The largest absolute Gasteiger partial charge is 0.394 e. The Kier molecular flexibility index (Phi) is 5.40. The second kappa shape index (κ2) is 7.75. The van der Waals surface area contributed by atoms with E-state index in [2.05, 4.69) is 57.8 Å². The Hall–Kier alpha value is -1.29. The van der Waals surface area contributed by atoms with E-state index in [9.17, 15) is 10.2 Å². The minimum absolute atomic E-state index is 0.0517. The van der Waals surface area contributed by atoms with Gasteiger partial charge in [-0.2, -0.15) is 0 Å². The Balaban J connectivity index is 1.59. The third-order valence-electron chi connectivity index (χ3n) is 4.96. The molecule has 0 spiro atoms. The summed E-state index contributed by atoms with van der Waals surface area (Å²) >= 11 is 1.83. The summed E-state index contributed by atoms with van der Waals surface area (Å²) in [4.78, 5) is 1.34. The van der Waals surface area contributed by atoms with Gasteiger partial charge >= 0.3 is 0 Å². The van der Waals surface area contributed by atoms with Crippen LogP contribution in [-0.2, 0) is 11.2 Å². The summed E-state index contributed by atoms with van der Waals surface area (Å²) in [6.45, 7) is -0.0517. The van der Waals surface area contributed by atoms with Crippen LogP contribution in [0.1, 0.15) is 34.9 Å². The third-order valence-corrected chi connectivity index (χ3v) is 6.64. The maximum Gasteiger partial charge on any atom is 0.0854 e. The van der Waals surface area contributed by atoms with Crippen molar-refractivity contribution in [2.45, 2.75) is 37.6 Å². The third kappa shape index (κ3) is 3.85. The first-order chi connectivity index (χ1) is 12.6. The van der Waals surface area contributed by atoms with Crippen molar-refractivity contribution in [3.8, 4) is 0 Å². The zero-order valence-electron chi connectivity index (χ0n) is 14.5. The molecule has 0 saturated carbocycles. The van der Waals surface area contributed by atoms with Crippen LogP contribution in [-0.4, -0.2) is 29.0 Å². The molecule has 1 aliphatic rings. The van der Waals surface area contributed by atoms with E-state index in [1.165, 1.54) is 25.8 Å². The summed E-state index contributed by atoms with van der Waals surface area (Å²) < 4.78 is 7.28. The van der Waals surface area contributed by atoms with E-state index in [-0.39, 0.29) is 18.8 Å². The fourth-order valence-electron chi connectivity index (χ4n) is 3.61. The number of rotatable bonds is 4. The van der Waals surface area contributed by atoms with Gasteiger partial charge in [0.25, 0.3) is 0 Å². The van der Waals surface area contributed by atoms with Gasteiger partial charge in [0, 0.05) is 28.8 Å². The average Bonchev–Trinajstić information content (AvgIpc) is 3.05. The van der Waals surface area contributed by atoms with Gasteiger partial charge in [0.1, 0.15) is 0 Å². The fourth-order valence-corrected chi connectivity index (χ4v) is 4.98. The first-order valence-corrected chi connectivity index (χ1v) is 10.3. The van der Waals surface area contributed by atoms with Gasteiger partial charge in [0.2, 0.25) is 0 Å². The standard InChI is InChI=1S/C21H23O3PS/c22-12-17-10-16(23)11-19(24-17)13-5-6-20(25)15(7-13)9-18-8-14-3-1-2-4-21(14)26-18/h1-8,16-17,19,22-23H,9-12,25H2/t16-,17-,19+/m0/s1. The van der Waals surface area contributed by atoms with E-state index >= 15 is 0 Å². The summed E-state index contributed by atoms with van der Waals surface area (Å²) in [5.74, 6) is 0. The Labute approximate surface area is 159 Å². The zero-order chi connectivity index (χ0) is 18.1. The molecule has 3 aromatic rings. The molecule has 5 heteroatoms. The van der Waals surface area contributed by atoms with Crippen molar-refractivity contribution in [3.63, 3.8) is 0 Å². The molecule has 1 saturated heterocycles. The number of aliphatic hydroxyl groups excluding tert-OH is 2. The van der Waals surface area contributed by atoms with Crippen molar-refractivity contribution >= 4 is 36.0 Å². The highest BCUT2D eigenvalue weighted by Gasteiger charge is 2.29. The van der Waals surface area contributed by atoms with Gasteiger partial charge in [-0.25, -0.2) is 0 Å². The topological polar surface area (TPSA) is 49.7 Å². The molecule has 1 unspecified atom stereocenters. The number of thiophene rings is 1. The van der Waals surface area contributed by atoms with E-state index < -0.39 is 6.10 Å². The monoisotopic (exact) mass is 386 g/mol. The Bertz CT molecular complexity index is 874. The van der Waals surface area contributed by atoms with Crippen LogP contribution in [0.5, 0.6) is 0 Å². The van der Waals surface area contributed by atoms with Gasteiger partial charge in [-0.05, 0) is 34.0 Å². The second-order valence-electron chi connectivity index (χ2n) is 6.94.